The molecule has 1 N–H and O–H groups in total. The zero-order valence-corrected chi connectivity index (χ0v) is 25.2. The molecule has 3 aliphatic rings. The molecule has 3 rings (SSSR count). The van der Waals surface area contributed by atoms with Crippen LogP contribution in [0, 0.1) is 11.8 Å². The Morgan fingerprint density at radius 3 is 2.59 bits per heavy atom. The van der Waals surface area contributed by atoms with Crippen LogP contribution in [0.2, 0.25) is 0 Å². The van der Waals surface area contributed by atoms with E-state index in [0.29, 0.717) is 19.7 Å². The molecule has 0 saturated carbocycles. The van der Waals surface area contributed by atoms with Crippen molar-refractivity contribution in [3.05, 3.63) is 25.3 Å². The Bertz CT molecular complexity index is 896. The van der Waals surface area contributed by atoms with Crippen LogP contribution in [0.3, 0.4) is 0 Å². The number of fused-ring (bicyclic) bond motifs is 1. The van der Waals surface area contributed by atoms with Gasteiger partial charge in [0, 0.05) is 30.5 Å². The first-order chi connectivity index (χ1) is 18.7. The monoisotopic (exact) mass is 562 g/mol. The molecular formula is C31H50N2O5S. The standard InChI is InChI=1S/C31H50N2O5S/c1-6-9-10-15-22-38-29(37)25-24-27(35)33(20-13-11-12-14-21-34)26(31(24)18-17-30(25,5)39-31)28(36)32(19-8-3)23(4)16-7-2/h6,8,23-26,34H,1,3,7,9-22H2,2,4-5H3/t23?,24-,25+,26?,30-,31?/m0/s1. The molecule has 0 radical (unpaired) electrons. The molecule has 3 unspecified atom stereocenters. The van der Waals surface area contributed by atoms with Crippen molar-refractivity contribution in [2.75, 3.05) is 26.3 Å². The summed E-state index contributed by atoms with van der Waals surface area (Å²) in [6, 6.07) is -0.558. The van der Waals surface area contributed by atoms with Crippen LogP contribution in [0.1, 0.15) is 91.4 Å². The molecule has 6 atom stereocenters. The van der Waals surface area contributed by atoms with E-state index in [4.69, 9.17) is 9.84 Å². The third-order valence-corrected chi connectivity index (χ3v) is 11.0. The van der Waals surface area contributed by atoms with Gasteiger partial charge in [-0.25, -0.2) is 0 Å². The lowest BCUT2D eigenvalue weighted by Crippen LogP contribution is -2.56. The van der Waals surface area contributed by atoms with Crippen LogP contribution >= 0.6 is 11.8 Å². The van der Waals surface area contributed by atoms with Gasteiger partial charge in [0.25, 0.3) is 0 Å². The predicted molar refractivity (Wildman–Crippen MR) is 157 cm³/mol. The number of aliphatic hydroxyl groups is 1. The minimum Gasteiger partial charge on any atom is -0.465 e. The number of carbonyl (C=O) groups excluding carboxylic acids is 3. The van der Waals surface area contributed by atoms with E-state index in [2.05, 4.69) is 33.9 Å². The molecule has 3 heterocycles. The Hall–Kier alpha value is -1.80. The van der Waals surface area contributed by atoms with Crippen LogP contribution in [-0.2, 0) is 19.1 Å². The quantitative estimate of drug-likeness (QED) is 0.142. The number of hydrogen-bond acceptors (Lipinski definition) is 6. The van der Waals surface area contributed by atoms with E-state index in [9.17, 15) is 14.4 Å². The summed E-state index contributed by atoms with van der Waals surface area (Å²) >= 11 is 1.70. The van der Waals surface area contributed by atoms with Gasteiger partial charge in [-0.15, -0.1) is 24.9 Å². The zero-order chi connectivity index (χ0) is 28.6. The topological polar surface area (TPSA) is 87.1 Å². The summed E-state index contributed by atoms with van der Waals surface area (Å²) in [5.41, 5.74) is 0. The number of aliphatic hydroxyl groups excluding tert-OH is 1. The number of nitrogens with zero attached hydrogens (tertiary/aromatic N) is 2. The minimum absolute atomic E-state index is 0.0164. The van der Waals surface area contributed by atoms with Crippen molar-refractivity contribution >= 4 is 29.5 Å². The van der Waals surface area contributed by atoms with Crippen molar-refractivity contribution in [2.24, 2.45) is 11.8 Å². The summed E-state index contributed by atoms with van der Waals surface area (Å²) in [6.45, 7) is 15.4. The van der Waals surface area contributed by atoms with E-state index in [1.807, 2.05) is 15.9 Å². The van der Waals surface area contributed by atoms with E-state index in [1.54, 1.807) is 17.8 Å². The number of allylic oxidation sites excluding steroid dienone is 1. The van der Waals surface area contributed by atoms with Crippen LogP contribution in [-0.4, -0.2) is 80.6 Å². The van der Waals surface area contributed by atoms with Crippen LogP contribution < -0.4 is 0 Å². The van der Waals surface area contributed by atoms with Crippen molar-refractivity contribution in [3.8, 4) is 0 Å². The van der Waals surface area contributed by atoms with Crippen molar-refractivity contribution in [1.82, 2.24) is 9.80 Å². The number of ether oxygens (including phenoxy) is 1. The summed E-state index contributed by atoms with van der Waals surface area (Å²) in [6.07, 6.45) is 12.8. The van der Waals surface area contributed by atoms with Gasteiger partial charge in [0.1, 0.15) is 6.04 Å². The lowest BCUT2D eigenvalue weighted by molar-refractivity contribution is -0.155. The maximum atomic E-state index is 14.4. The van der Waals surface area contributed by atoms with Crippen molar-refractivity contribution < 1.29 is 24.2 Å². The molecule has 1 spiro atoms. The van der Waals surface area contributed by atoms with Gasteiger partial charge in [0.15, 0.2) is 0 Å². The maximum absolute atomic E-state index is 14.4. The van der Waals surface area contributed by atoms with Crippen molar-refractivity contribution in [2.45, 2.75) is 113 Å². The third-order valence-electron chi connectivity index (χ3n) is 8.97. The number of amides is 2. The maximum Gasteiger partial charge on any atom is 0.311 e. The molecule has 3 fully saturated rings. The normalized spacial score (nSPS) is 29.8. The number of rotatable bonds is 18. The molecule has 2 amide bonds. The van der Waals surface area contributed by atoms with Crippen LogP contribution in [0.5, 0.6) is 0 Å². The highest BCUT2D eigenvalue weighted by atomic mass is 32.2. The Kier molecular flexibility index (Phi) is 11.6. The number of likely N-dealkylation sites (tertiary alicyclic amines) is 1. The number of esters is 1. The summed E-state index contributed by atoms with van der Waals surface area (Å²) in [5.74, 6) is -1.46. The van der Waals surface area contributed by atoms with Gasteiger partial charge in [0.05, 0.1) is 23.2 Å². The molecule has 7 nitrogen and oxygen atoms in total. The lowest BCUT2D eigenvalue weighted by Gasteiger charge is -2.39. The first-order valence-electron chi connectivity index (χ1n) is 15.0. The average molecular weight is 563 g/mol. The number of hydrogen-bond donors (Lipinski definition) is 1. The number of carbonyl (C=O) groups is 3. The first-order valence-corrected chi connectivity index (χ1v) is 15.8. The van der Waals surface area contributed by atoms with Gasteiger partial charge in [-0.2, -0.15) is 0 Å². The highest BCUT2D eigenvalue weighted by molar-refractivity contribution is 8.02. The molecular weight excluding hydrogens is 512 g/mol. The Labute approximate surface area is 239 Å². The SMILES string of the molecule is C=CCCCCOC(=O)[C@H]1[C@H]2C(=O)N(CCCCCCO)C(C(=O)N(CC=C)C(C)CCC)C23CC[C@]1(C)S3. The zero-order valence-electron chi connectivity index (χ0n) is 24.4. The highest BCUT2D eigenvalue weighted by Crippen LogP contribution is 2.71. The summed E-state index contributed by atoms with van der Waals surface area (Å²) < 4.78 is 4.73. The van der Waals surface area contributed by atoms with Gasteiger partial charge in [-0.05, 0) is 65.2 Å². The molecule has 3 aliphatic heterocycles. The van der Waals surface area contributed by atoms with Gasteiger partial charge in [-0.1, -0.05) is 38.3 Å². The van der Waals surface area contributed by atoms with E-state index < -0.39 is 27.4 Å². The van der Waals surface area contributed by atoms with Crippen LogP contribution in [0.25, 0.3) is 0 Å². The van der Waals surface area contributed by atoms with Gasteiger partial charge < -0.3 is 19.6 Å². The Morgan fingerprint density at radius 1 is 1.18 bits per heavy atom. The summed E-state index contributed by atoms with van der Waals surface area (Å²) in [4.78, 5) is 45.9. The van der Waals surface area contributed by atoms with E-state index >= 15 is 0 Å². The molecule has 2 bridgehead atoms. The van der Waals surface area contributed by atoms with Crippen molar-refractivity contribution in [3.63, 3.8) is 0 Å². The Morgan fingerprint density at radius 2 is 1.92 bits per heavy atom. The van der Waals surface area contributed by atoms with Crippen LogP contribution in [0.4, 0.5) is 0 Å². The first kappa shape index (κ1) is 31.7. The fourth-order valence-corrected chi connectivity index (χ4v) is 9.40. The Balaban J connectivity index is 1.91. The van der Waals surface area contributed by atoms with E-state index in [0.717, 1.165) is 70.6 Å². The molecule has 0 aliphatic carbocycles. The largest absolute Gasteiger partial charge is 0.465 e. The molecule has 0 aromatic heterocycles. The average Bonchev–Trinajstić information content (AvgIpc) is 3.47. The second-order valence-corrected chi connectivity index (χ2v) is 13.7. The fourth-order valence-electron chi connectivity index (χ4n) is 7.06. The van der Waals surface area contributed by atoms with E-state index in [-0.39, 0.29) is 30.4 Å². The van der Waals surface area contributed by atoms with Crippen LogP contribution in [0.15, 0.2) is 25.3 Å². The second-order valence-electron chi connectivity index (χ2n) is 11.8. The number of unbranched alkanes of at least 4 members (excludes halogenated alkanes) is 5. The molecule has 0 aromatic rings. The molecule has 8 heteroatoms. The minimum atomic E-state index is -0.619. The second kappa shape index (κ2) is 14.2. The highest BCUT2D eigenvalue weighted by Gasteiger charge is 2.77. The van der Waals surface area contributed by atoms with Gasteiger partial charge in [-0.3, -0.25) is 14.4 Å². The smallest absolute Gasteiger partial charge is 0.311 e. The molecule has 0 aromatic carbocycles. The summed E-state index contributed by atoms with van der Waals surface area (Å²) in [5, 5.41) is 9.16. The third kappa shape index (κ3) is 6.42. The predicted octanol–water partition coefficient (Wildman–Crippen LogP) is 5.12. The van der Waals surface area contributed by atoms with Gasteiger partial charge >= 0.3 is 5.97 Å². The molecule has 39 heavy (non-hydrogen) atoms. The number of thioether (sulfide) groups is 1. The fraction of sp³-hybridized carbons (Fsp3) is 0.774. The van der Waals surface area contributed by atoms with Crippen molar-refractivity contribution in [1.29, 1.82) is 0 Å². The lowest BCUT2D eigenvalue weighted by atomic mass is 9.66. The van der Waals surface area contributed by atoms with Gasteiger partial charge in [0.2, 0.25) is 11.8 Å². The molecule has 3 saturated heterocycles. The molecule has 220 valence electrons. The van der Waals surface area contributed by atoms with E-state index in [1.165, 1.54) is 0 Å². The summed E-state index contributed by atoms with van der Waals surface area (Å²) in [7, 11) is 0.